The van der Waals surface area contributed by atoms with Crippen LogP contribution in [0.1, 0.15) is 0 Å². The number of hydrogen-bond donors (Lipinski definition) is 2. The molecule has 0 amide bonds. The second kappa shape index (κ2) is 5.86. The van der Waals surface area contributed by atoms with E-state index in [1.807, 2.05) is 30.3 Å². The first kappa shape index (κ1) is 12.2. The molecule has 0 fully saturated rings. The fourth-order valence-corrected chi connectivity index (χ4v) is 3.41. The lowest BCUT2D eigenvalue weighted by molar-refractivity contribution is 0.326. The SMILES string of the molecule is NOc1ccccc1SSc1ccccc1O. The Balaban J connectivity index is 2.10. The van der Waals surface area contributed by atoms with Crippen molar-refractivity contribution in [3.63, 3.8) is 0 Å². The molecule has 0 radical (unpaired) electrons. The number of hydrogen-bond acceptors (Lipinski definition) is 5. The lowest BCUT2D eigenvalue weighted by Crippen LogP contribution is -2.02. The van der Waals surface area contributed by atoms with Crippen molar-refractivity contribution >= 4 is 21.6 Å². The average Bonchev–Trinajstić information content (AvgIpc) is 2.38. The molecule has 0 aliphatic rings. The Hall–Kier alpha value is -1.30. The highest BCUT2D eigenvalue weighted by Crippen LogP contribution is 2.44. The summed E-state index contributed by atoms with van der Waals surface area (Å²) < 4.78 is 0. The highest BCUT2D eigenvalue weighted by Gasteiger charge is 2.06. The fraction of sp³-hybridized carbons (Fsp3) is 0. The average molecular weight is 265 g/mol. The lowest BCUT2D eigenvalue weighted by atomic mass is 10.3. The Morgan fingerprint density at radius 3 is 2.18 bits per heavy atom. The van der Waals surface area contributed by atoms with Crippen LogP contribution in [-0.2, 0) is 0 Å². The van der Waals surface area contributed by atoms with Crippen molar-refractivity contribution in [2.45, 2.75) is 9.79 Å². The monoisotopic (exact) mass is 265 g/mol. The van der Waals surface area contributed by atoms with E-state index in [1.54, 1.807) is 18.2 Å². The van der Waals surface area contributed by atoms with Crippen molar-refractivity contribution < 1.29 is 9.94 Å². The molecule has 2 aromatic rings. The first-order chi connectivity index (χ1) is 8.31. The van der Waals surface area contributed by atoms with E-state index >= 15 is 0 Å². The molecule has 0 atom stereocenters. The normalized spacial score (nSPS) is 10.2. The molecule has 0 spiro atoms. The molecular formula is C12H11NO2S2. The largest absolute Gasteiger partial charge is 0.507 e. The summed E-state index contributed by atoms with van der Waals surface area (Å²) in [5.74, 6) is 6.08. The van der Waals surface area contributed by atoms with E-state index in [1.165, 1.54) is 21.6 Å². The Labute approximate surface area is 107 Å². The number of para-hydroxylation sites is 2. The molecule has 0 aliphatic heterocycles. The van der Waals surface area contributed by atoms with E-state index in [2.05, 4.69) is 0 Å². The summed E-state index contributed by atoms with van der Waals surface area (Å²) in [5.41, 5.74) is 0. The smallest absolute Gasteiger partial charge is 0.161 e. The molecule has 88 valence electrons. The van der Waals surface area contributed by atoms with Crippen molar-refractivity contribution in [3.8, 4) is 11.5 Å². The van der Waals surface area contributed by atoms with Gasteiger partial charge in [0.15, 0.2) is 5.75 Å². The number of benzene rings is 2. The molecule has 0 saturated heterocycles. The van der Waals surface area contributed by atoms with E-state index in [-0.39, 0.29) is 5.75 Å². The van der Waals surface area contributed by atoms with E-state index in [9.17, 15) is 5.11 Å². The van der Waals surface area contributed by atoms with Crippen molar-refractivity contribution in [2.75, 3.05) is 0 Å². The van der Waals surface area contributed by atoms with Crippen LogP contribution in [0.3, 0.4) is 0 Å². The minimum absolute atomic E-state index is 0.274. The van der Waals surface area contributed by atoms with Gasteiger partial charge in [-0.1, -0.05) is 24.3 Å². The van der Waals surface area contributed by atoms with Crippen LogP contribution in [0.4, 0.5) is 0 Å². The van der Waals surface area contributed by atoms with Crippen molar-refractivity contribution in [1.29, 1.82) is 0 Å². The summed E-state index contributed by atoms with van der Waals surface area (Å²) in [6, 6.07) is 14.7. The number of aromatic hydroxyl groups is 1. The van der Waals surface area contributed by atoms with Crippen LogP contribution in [0, 0.1) is 0 Å². The summed E-state index contributed by atoms with van der Waals surface area (Å²) in [6.45, 7) is 0. The minimum Gasteiger partial charge on any atom is -0.507 e. The maximum Gasteiger partial charge on any atom is 0.161 e. The van der Waals surface area contributed by atoms with Crippen LogP contribution in [-0.4, -0.2) is 5.11 Å². The number of nitrogens with two attached hydrogens (primary N) is 1. The van der Waals surface area contributed by atoms with Crippen molar-refractivity contribution in [3.05, 3.63) is 48.5 Å². The Morgan fingerprint density at radius 2 is 1.47 bits per heavy atom. The van der Waals surface area contributed by atoms with Crippen LogP contribution < -0.4 is 10.7 Å². The first-order valence-corrected chi connectivity index (χ1v) is 7.04. The molecule has 3 nitrogen and oxygen atoms in total. The van der Waals surface area contributed by atoms with Gasteiger partial charge in [-0.15, -0.1) is 0 Å². The fourth-order valence-electron chi connectivity index (χ4n) is 1.23. The molecule has 0 aromatic heterocycles. The zero-order chi connectivity index (χ0) is 12.1. The van der Waals surface area contributed by atoms with Gasteiger partial charge in [-0.2, -0.15) is 5.90 Å². The van der Waals surface area contributed by atoms with Gasteiger partial charge in [-0.3, -0.25) is 0 Å². The third-order valence-corrected chi connectivity index (χ3v) is 4.51. The van der Waals surface area contributed by atoms with Crippen LogP contribution >= 0.6 is 21.6 Å². The number of phenolic OH excluding ortho intramolecular Hbond substituents is 1. The number of rotatable bonds is 4. The Kier molecular flexibility index (Phi) is 4.19. The zero-order valence-electron chi connectivity index (χ0n) is 8.87. The summed E-state index contributed by atoms with van der Waals surface area (Å²) in [5, 5.41) is 9.62. The topological polar surface area (TPSA) is 55.5 Å². The third kappa shape index (κ3) is 3.09. The van der Waals surface area contributed by atoms with Gasteiger partial charge in [0, 0.05) is 0 Å². The molecule has 0 unspecified atom stereocenters. The van der Waals surface area contributed by atoms with Crippen LogP contribution in [0.15, 0.2) is 58.3 Å². The first-order valence-electron chi connectivity index (χ1n) is 4.89. The van der Waals surface area contributed by atoms with Gasteiger partial charge in [0.05, 0.1) is 9.79 Å². The summed E-state index contributed by atoms with van der Waals surface area (Å²) in [7, 11) is 2.95. The van der Waals surface area contributed by atoms with Crippen molar-refractivity contribution in [2.24, 2.45) is 5.90 Å². The minimum atomic E-state index is 0.274. The lowest BCUT2D eigenvalue weighted by Gasteiger charge is -2.06. The highest BCUT2D eigenvalue weighted by molar-refractivity contribution is 8.76. The molecule has 17 heavy (non-hydrogen) atoms. The van der Waals surface area contributed by atoms with Gasteiger partial charge < -0.3 is 9.94 Å². The molecule has 0 saturated carbocycles. The predicted octanol–water partition coefficient (Wildman–Crippen LogP) is 3.44. The summed E-state index contributed by atoms with van der Waals surface area (Å²) in [4.78, 5) is 6.50. The van der Waals surface area contributed by atoms with Crippen LogP contribution in [0.5, 0.6) is 11.5 Å². The molecular weight excluding hydrogens is 254 g/mol. The second-order valence-corrected chi connectivity index (χ2v) is 5.41. The third-order valence-electron chi connectivity index (χ3n) is 2.06. The van der Waals surface area contributed by atoms with Crippen molar-refractivity contribution in [1.82, 2.24) is 0 Å². The molecule has 0 bridgehead atoms. The zero-order valence-corrected chi connectivity index (χ0v) is 10.5. The Morgan fingerprint density at radius 1 is 0.882 bits per heavy atom. The van der Waals surface area contributed by atoms with Crippen LogP contribution in [0.25, 0.3) is 0 Å². The molecule has 2 rings (SSSR count). The van der Waals surface area contributed by atoms with Gasteiger partial charge in [0.25, 0.3) is 0 Å². The molecule has 0 heterocycles. The van der Waals surface area contributed by atoms with Gasteiger partial charge in [-0.25, -0.2) is 0 Å². The van der Waals surface area contributed by atoms with Crippen LogP contribution in [0.2, 0.25) is 0 Å². The van der Waals surface area contributed by atoms with Gasteiger partial charge >= 0.3 is 0 Å². The highest BCUT2D eigenvalue weighted by atomic mass is 33.1. The number of phenols is 1. The predicted molar refractivity (Wildman–Crippen MR) is 71.1 cm³/mol. The summed E-state index contributed by atoms with van der Waals surface area (Å²) in [6.07, 6.45) is 0. The molecule has 5 heteroatoms. The van der Waals surface area contributed by atoms with E-state index in [0.717, 1.165) is 9.79 Å². The van der Waals surface area contributed by atoms with Gasteiger partial charge in [-0.05, 0) is 45.9 Å². The molecule has 2 aromatic carbocycles. The Bertz CT molecular complexity index is 505. The maximum atomic E-state index is 9.62. The van der Waals surface area contributed by atoms with E-state index in [4.69, 9.17) is 10.7 Å². The summed E-state index contributed by atoms with van der Waals surface area (Å²) >= 11 is 0. The maximum absolute atomic E-state index is 9.62. The molecule has 0 aliphatic carbocycles. The van der Waals surface area contributed by atoms with E-state index in [0.29, 0.717) is 5.75 Å². The standard InChI is InChI=1S/C12H11NO2S2/c13-15-10-6-2-4-8-12(10)17-16-11-7-3-1-5-9(11)14/h1-8,14H,13H2. The quantitative estimate of drug-likeness (QED) is 0.655. The molecule has 3 N–H and O–H groups in total. The van der Waals surface area contributed by atoms with Gasteiger partial charge in [0.2, 0.25) is 0 Å². The second-order valence-electron chi connectivity index (χ2n) is 3.20. The van der Waals surface area contributed by atoms with E-state index < -0.39 is 0 Å². The van der Waals surface area contributed by atoms with Gasteiger partial charge in [0.1, 0.15) is 5.75 Å².